The van der Waals surface area contributed by atoms with Crippen molar-refractivity contribution in [1.82, 2.24) is 0 Å². The van der Waals surface area contributed by atoms with E-state index in [1.165, 1.54) is 6.92 Å². The molecule has 0 aromatic heterocycles. The van der Waals surface area contributed by atoms with Crippen LogP contribution in [0.2, 0.25) is 0 Å². The lowest BCUT2D eigenvalue weighted by molar-refractivity contribution is -0.185. The summed E-state index contributed by atoms with van der Waals surface area (Å²) in [4.78, 5) is 36.6. The van der Waals surface area contributed by atoms with Crippen LogP contribution in [0, 0.1) is 28.6 Å². The number of Topliss-reactive ketones (excluding diaryl/α,β-unsaturated/α-hetero) is 1. The minimum absolute atomic E-state index is 0.0490. The maximum Gasteiger partial charge on any atom is 0.303 e. The lowest BCUT2D eigenvalue weighted by Crippen LogP contribution is -2.58. The van der Waals surface area contributed by atoms with E-state index >= 15 is 0 Å². The van der Waals surface area contributed by atoms with Crippen LogP contribution < -0.4 is 0 Å². The number of hydrogen-bond acceptors (Lipinski definition) is 4. The Bertz CT molecular complexity index is 826. The van der Waals surface area contributed by atoms with Crippen LogP contribution in [0.4, 0.5) is 0 Å². The van der Waals surface area contributed by atoms with Crippen molar-refractivity contribution in [1.29, 1.82) is 0 Å². The molecule has 0 aromatic carbocycles. The zero-order chi connectivity index (χ0) is 20.5. The van der Waals surface area contributed by atoms with Crippen molar-refractivity contribution >= 4 is 29.1 Å². The molecule has 0 bridgehead atoms. The van der Waals surface area contributed by atoms with Crippen molar-refractivity contribution in [2.45, 2.75) is 71.8 Å². The van der Waals surface area contributed by atoms with Crippen molar-refractivity contribution in [3.05, 3.63) is 22.8 Å². The van der Waals surface area contributed by atoms with Gasteiger partial charge in [-0.25, -0.2) is 0 Å². The lowest BCUT2D eigenvalue weighted by Gasteiger charge is -2.57. The highest BCUT2D eigenvalue weighted by molar-refractivity contribution is 6.32. The molecule has 152 valence electrons. The van der Waals surface area contributed by atoms with Gasteiger partial charge in [-0.2, -0.15) is 0 Å². The van der Waals surface area contributed by atoms with Gasteiger partial charge in [0.15, 0.2) is 17.2 Å². The van der Waals surface area contributed by atoms with Gasteiger partial charge in [0.05, 0.1) is 0 Å². The number of allylic oxidation sites excluding steroid dienone is 4. The highest BCUT2D eigenvalue weighted by Gasteiger charge is 2.67. The van der Waals surface area contributed by atoms with E-state index in [0.717, 1.165) is 31.3 Å². The molecule has 6 atom stereocenters. The first-order valence-corrected chi connectivity index (χ1v) is 10.8. The first-order valence-electron chi connectivity index (χ1n) is 10.4. The lowest BCUT2D eigenvalue weighted by atomic mass is 9.48. The van der Waals surface area contributed by atoms with Gasteiger partial charge in [0.1, 0.15) is 0 Å². The topological polar surface area (TPSA) is 60.4 Å². The number of carbonyl (C=O) groups is 3. The molecule has 0 unspecified atom stereocenters. The molecule has 28 heavy (non-hydrogen) atoms. The molecule has 0 aromatic rings. The monoisotopic (exact) mass is 404 g/mol. The Labute approximate surface area is 171 Å². The minimum Gasteiger partial charge on any atom is -0.451 e. The molecule has 4 aliphatic rings. The largest absolute Gasteiger partial charge is 0.451 e. The Morgan fingerprint density at radius 1 is 1.11 bits per heavy atom. The maximum atomic E-state index is 12.7. The number of ketones is 2. The first kappa shape index (κ1) is 19.9. The Kier molecular flexibility index (Phi) is 4.46. The summed E-state index contributed by atoms with van der Waals surface area (Å²) >= 11 is 6.71. The molecule has 0 heterocycles. The van der Waals surface area contributed by atoms with E-state index in [-0.39, 0.29) is 40.2 Å². The third-order valence-corrected chi connectivity index (χ3v) is 8.89. The van der Waals surface area contributed by atoms with Crippen LogP contribution in [0.5, 0.6) is 0 Å². The molecule has 0 saturated heterocycles. The maximum absolute atomic E-state index is 12.7. The summed E-state index contributed by atoms with van der Waals surface area (Å²) in [5, 5.41) is 0.689. The number of esters is 1. The molecular formula is C23H29ClO4. The number of hydrogen-bond donors (Lipinski definition) is 0. The van der Waals surface area contributed by atoms with Gasteiger partial charge in [-0.1, -0.05) is 31.5 Å². The van der Waals surface area contributed by atoms with E-state index in [1.54, 1.807) is 13.0 Å². The predicted molar refractivity (Wildman–Crippen MR) is 107 cm³/mol. The molecular weight excluding hydrogens is 376 g/mol. The second kappa shape index (κ2) is 6.29. The van der Waals surface area contributed by atoms with Gasteiger partial charge in [0.2, 0.25) is 0 Å². The summed E-state index contributed by atoms with van der Waals surface area (Å²) in [7, 11) is 0. The SMILES string of the molecule is CC(=O)O[C@@]1(C(C)=O)CC[C@@H]2[C@H]3C=C(Cl)C4=CC(=O)CC[C@@]4(C)[C@@H]3CC[C@@]21C. The van der Waals surface area contributed by atoms with Crippen molar-refractivity contribution in [3.8, 4) is 0 Å². The first-order chi connectivity index (χ1) is 13.0. The van der Waals surface area contributed by atoms with Gasteiger partial charge in [-0.05, 0) is 73.8 Å². The average molecular weight is 405 g/mol. The molecule has 0 radical (unpaired) electrons. The van der Waals surface area contributed by atoms with Crippen LogP contribution in [-0.4, -0.2) is 23.1 Å². The number of carbonyl (C=O) groups excluding carboxylic acids is 3. The molecule has 0 aliphatic heterocycles. The summed E-state index contributed by atoms with van der Waals surface area (Å²) in [6, 6.07) is 0. The van der Waals surface area contributed by atoms with E-state index in [4.69, 9.17) is 16.3 Å². The van der Waals surface area contributed by atoms with Crippen LogP contribution in [0.1, 0.15) is 66.2 Å². The standard InChI is InChI=1S/C23H29ClO4/c1-13(25)23(28-14(2)26)10-7-18-16-12-20(24)19-11-15(27)5-8-21(19,3)17(16)6-9-22(18,23)4/h11-12,16-18H,5-10H2,1-4H3/t16-,17+,18+,21-,22-,23+/m0/s1. The highest BCUT2D eigenvalue weighted by Crippen LogP contribution is 2.68. The van der Waals surface area contributed by atoms with Crippen LogP contribution in [0.15, 0.2) is 22.8 Å². The average Bonchev–Trinajstić information content (AvgIpc) is 2.90. The van der Waals surface area contributed by atoms with E-state index in [2.05, 4.69) is 19.9 Å². The summed E-state index contributed by atoms with van der Waals surface area (Å²) in [5.41, 5.74) is -0.532. The molecule has 4 aliphatic carbocycles. The molecule has 0 spiro atoms. The minimum atomic E-state index is -1.03. The quantitative estimate of drug-likeness (QED) is 0.623. The number of rotatable bonds is 2. The van der Waals surface area contributed by atoms with Crippen LogP contribution in [0.25, 0.3) is 0 Å². The fourth-order valence-corrected chi connectivity index (χ4v) is 7.55. The van der Waals surface area contributed by atoms with E-state index in [0.29, 0.717) is 23.8 Å². The van der Waals surface area contributed by atoms with Gasteiger partial charge in [-0.15, -0.1) is 0 Å². The zero-order valence-electron chi connectivity index (χ0n) is 17.1. The predicted octanol–water partition coefficient (Wildman–Crippen LogP) is 4.75. The van der Waals surface area contributed by atoms with Crippen LogP contribution in [0.3, 0.4) is 0 Å². The van der Waals surface area contributed by atoms with E-state index in [1.807, 2.05) is 0 Å². The summed E-state index contributed by atoms with van der Waals surface area (Å²) in [6.07, 6.45) is 8.48. The highest BCUT2D eigenvalue weighted by atomic mass is 35.5. The number of fused-ring (bicyclic) bond motifs is 5. The van der Waals surface area contributed by atoms with Gasteiger partial charge in [-0.3, -0.25) is 14.4 Å². The third kappa shape index (κ3) is 2.46. The van der Waals surface area contributed by atoms with Gasteiger partial charge in [0, 0.05) is 23.8 Å². The van der Waals surface area contributed by atoms with Gasteiger partial charge < -0.3 is 4.74 Å². The van der Waals surface area contributed by atoms with Crippen LogP contribution >= 0.6 is 11.6 Å². The zero-order valence-corrected chi connectivity index (χ0v) is 17.9. The van der Waals surface area contributed by atoms with Crippen molar-refractivity contribution in [2.75, 3.05) is 0 Å². The normalized spacial score (nSPS) is 44.6. The fourth-order valence-electron chi connectivity index (χ4n) is 7.13. The number of ether oxygens (including phenoxy) is 1. The van der Waals surface area contributed by atoms with Crippen LogP contribution in [-0.2, 0) is 19.1 Å². The second-order valence-corrected chi connectivity index (χ2v) is 10.1. The summed E-state index contributed by atoms with van der Waals surface area (Å²) in [6.45, 7) is 7.33. The Morgan fingerprint density at radius 3 is 2.43 bits per heavy atom. The molecule has 0 N–H and O–H groups in total. The molecule has 2 saturated carbocycles. The fraction of sp³-hybridized carbons (Fsp3) is 0.696. The molecule has 5 heteroatoms. The Balaban J connectivity index is 1.79. The van der Waals surface area contributed by atoms with Crippen molar-refractivity contribution in [3.63, 3.8) is 0 Å². The van der Waals surface area contributed by atoms with Crippen molar-refractivity contribution < 1.29 is 19.1 Å². The van der Waals surface area contributed by atoms with E-state index < -0.39 is 5.60 Å². The molecule has 4 nitrogen and oxygen atoms in total. The Morgan fingerprint density at radius 2 is 1.79 bits per heavy atom. The number of halogens is 1. The molecule has 4 rings (SSSR count). The molecule has 2 fully saturated rings. The summed E-state index contributed by atoms with van der Waals surface area (Å²) < 4.78 is 5.79. The second-order valence-electron chi connectivity index (χ2n) is 9.72. The van der Waals surface area contributed by atoms with E-state index in [9.17, 15) is 14.4 Å². The smallest absolute Gasteiger partial charge is 0.303 e. The van der Waals surface area contributed by atoms with Gasteiger partial charge in [0.25, 0.3) is 0 Å². The molecule has 0 amide bonds. The third-order valence-electron chi connectivity index (χ3n) is 8.56. The van der Waals surface area contributed by atoms with Gasteiger partial charge >= 0.3 is 5.97 Å². The Hall–Kier alpha value is -1.42. The summed E-state index contributed by atoms with van der Waals surface area (Å²) in [5.74, 6) is 0.584. The van der Waals surface area contributed by atoms with Crippen molar-refractivity contribution in [2.24, 2.45) is 28.6 Å².